The van der Waals surface area contributed by atoms with Gasteiger partial charge in [0.1, 0.15) is 17.4 Å². The Morgan fingerprint density at radius 3 is 2.61 bits per heavy atom. The fraction of sp³-hybridized carbons (Fsp3) is 0.143. The Balaban J connectivity index is 1.60. The summed E-state index contributed by atoms with van der Waals surface area (Å²) in [6.07, 6.45) is 1.39. The number of hydrogen-bond donors (Lipinski definition) is 1. The van der Waals surface area contributed by atoms with Crippen LogP contribution in [0.15, 0.2) is 78.0 Å². The molecule has 0 aliphatic carbocycles. The number of halogens is 2. The lowest BCUT2D eigenvalue weighted by atomic mass is 10.1. The van der Waals surface area contributed by atoms with E-state index in [1.165, 1.54) is 12.3 Å². The summed E-state index contributed by atoms with van der Waals surface area (Å²) in [5.41, 5.74) is 1.98. The van der Waals surface area contributed by atoms with Crippen LogP contribution in [-0.4, -0.2) is 16.6 Å². The molecule has 0 bridgehead atoms. The number of nitrogens with one attached hydrogen (secondary N) is 1. The first-order valence-corrected chi connectivity index (χ1v) is 9.43. The highest BCUT2D eigenvalue weighted by Gasteiger charge is 2.16. The summed E-state index contributed by atoms with van der Waals surface area (Å²) in [6, 6.07) is 20.2. The van der Waals surface area contributed by atoms with Gasteiger partial charge in [0.25, 0.3) is 11.7 Å². The lowest BCUT2D eigenvalue weighted by Crippen LogP contribution is -2.23. The fourth-order valence-electron chi connectivity index (χ4n) is 2.53. The molecule has 4 nitrogen and oxygen atoms in total. The van der Waals surface area contributed by atoms with E-state index in [0.29, 0.717) is 6.61 Å². The van der Waals surface area contributed by atoms with Crippen LogP contribution in [0, 0.1) is 0 Å². The largest absolute Gasteiger partial charge is 0.489 e. The maximum atomic E-state index is 12.6. The zero-order valence-corrected chi connectivity index (χ0v) is 15.7. The van der Waals surface area contributed by atoms with E-state index in [0.717, 1.165) is 16.9 Å². The summed E-state index contributed by atoms with van der Waals surface area (Å²) >= 11 is 0.260. The van der Waals surface area contributed by atoms with E-state index < -0.39 is 11.7 Å². The van der Waals surface area contributed by atoms with Crippen LogP contribution in [0.3, 0.4) is 0 Å². The van der Waals surface area contributed by atoms with Crippen LogP contribution >= 0.6 is 11.8 Å². The second-order valence-corrected chi connectivity index (χ2v) is 6.82. The van der Waals surface area contributed by atoms with E-state index in [1.54, 1.807) is 6.07 Å². The molecule has 0 atom stereocenters. The highest BCUT2D eigenvalue weighted by Crippen LogP contribution is 2.26. The number of rotatable bonds is 8. The molecule has 1 amide bonds. The molecule has 3 rings (SSSR count). The lowest BCUT2D eigenvalue weighted by Gasteiger charge is -2.10. The van der Waals surface area contributed by atoms with E-state index >= 15 is 0 Å². The van der Waals surface area contributed by atoms with Crippen LogP contribution in [0.1, 0.15) is 21.5 Å². The van der Waals surface area contributed by atoms with Gasteiger partial charge in [0.05, 0.1) is 5.56 Å². The van der Waals surface area contributed by atoms with E-state index in [-0.39, 0.29) is 28.9 Å². The summed E-state index contributed by atoms with van der Waals surface area (Å²) in [5.74, 6) is -2.30. The minimum atomic E-state index is -2.64. The quantitative estimate of drug-likeness (QED) is 0.546. The van der Waals surface area contributed by atoms with E-state index in [4.69, 9.17) is 4.74 Å². The van der Waals surface area contributed by atoms with Crippen molar-refractivity contribution >= 4 is 17.7 Å². The Hall–Kier alpha value is -2.93. The molecular weight excluding hydrogens is 382 g/mol. The Labute approximate surface area is 166 Å². The van der Waals surface area contributed by atoms with Crippen molar-refractivity contribution in [3.8, 4) is 5.75 Å². The Bertz CT molecular complexity index is 923. The summed E-state index contributed by atoms with van der Waals surface area (Å²) in [7, 11) is 0. The summed E-state index contributed by atoms with van der Waals surface area (Å²) in [4.78, 5) is 16.2. The first-order valence-electron chi connectivity index (χ1n) is 8.55. The third-order valence-electron chi connectivity index (χ3n) is 3.81. The standard InChI is InChI=1S/C21H18F2N2O2S/c22-21(23)28-20-18(10-5-11-24-20)19(26)25-13-15-6-4-7-16(12-15)14-27-17-8-2-1-3-9-17/h1-12,21H,13-14H2,(H,25,26). The second kappa shape index (κ2) is 9.85. The predicted octanol–water partition coefficient (Wildman–Crippen LogP) is 4.91. The third kappa shape index (κ3) is 5.79. The number of para-hydroxylation sites is 1. The number of carbonyl (C=O) groups excluding carboxylic acids is 1. The zero-order chi connectivity index (χ0) is 19.8. The number of alkyl halides is 2. The van der Waals surface area contributed by atoms with E-state index in [2.05, 4.69) is 10.3 Å². The van der Waals surface area contributed by atoms with Gasteiger partial charge in [0.15, 0.2) is 0 Å². The summed E-state index contributed by atoms with van der Waals surface area (Å²) < 4.78 is 31.0. The molecule has 144 valence electrons. The first-order chi connectivity index (χ1) is 13.6. The number of ether oxygens (including phenoxy) is 1. The van der Waals surface area contributed by atoms with Gasteiger partial charge < -0.3 is 10.1 Å². The Morgan fingerprint density at radius 1 is 1.04 bits per heavy atom. The molecule has 0 saturated heterocycles. The van der Waals surface area contributed by atoms with Gasteiger partial charge in [-0.1, -0.05) is 42.5 Å². The van der Waals surface area contributed by atoms with Crippen molar-refractivity contribution in [3.63, 3.8) is 0 Å². The van der Waals surface area contributed by atoms with E-state index in [1.807, 2.05) is 54.6 Å². The second-order valence-electron chi connectivity index (χ2n) is 5.84. The first kappa shape index (κ1) is 19.8. The lowest BCUT2D eigenvalue weighted by molar-refractivity contribution is 0.0947. The van der Waals surface area contributed by atoms with Crippen molar-refractivity contribution in [2.45, 2.75) is 23.9 Å². The van der Waals surface area contributed by atoms with Crippen LogP contribution in [0.5, 0.6) is 5.75 Å². The van der Waals surface area contributed by atoms with Gasteiger partial charge in [0.2, 0.25) is 0 Å². The predicted molar refractivity (Wildman–Crippen MR) is 104 cm³/mol. The molecule has 0 aliphatic rings. The van der Waals surface area contributed by atoms with E-state index in [9.17, 15) is 13.6 Å². The van der Waals surface area contributed by atoms with Crippen molar-refractivity contribution < 1.29 is 18.3 Å². The molecule has 0 saturated carbocycles. The maximum Gasteiger partial charge on any atom is 0.290 e. The topological polar surface area (TPSA) is 51.2 Å². The number of aromatic nitrogens is 1. The molecule has 0 radical (unpaired) electrons. The van der Waals surface area contributed by atoms with Crippen LogP contribution in [0.4, 0.5) is 8.78 Å². The monoisotopic (exact) mass is 400 g/mol. The maximum absolute atomic E-state index is 12.6. The van der Waals surface area contributed by atoms with Crippen LogP contribution < -0.4 is 10.1 Å². The van der Waals surface area contributed by atoms with Gasteiger partial charge in [-0.25, -0.2) is 4.98 Å². The third-order valence-corrected chi connectivity index (χ3v) is 4.54. The van der Waals surface area contributed by atoms with Crippen molar-refractivity contribution in [3.05, 3.63) is 89.6 Å². The van der Waals surface area contributed by atoms with Crippen LogP contribution in [0.25, 0.3) is 0 Å². The van der Waals surface area contributed by atoms with Crippen molar-refractivity contribution in [2.24, 2.45) is 0 Å². The molecule has 0 aliphatic heterocycles. The van der Waals surface area contributed by atoms with Gasteiger partial charge in [-0.2, -0.15) is 8.78 Å². The summed E-state index contributed by atoms with van der Waals surface area (Å²) in [6.45, 7) is 0.676. The number of thioether (sulfide) groups is 1. The molecule has 7 heteroatoms. The molecule has 0 spiro atoms. The smallest absolute Gasteiger partial charge is 0.290 e. The molecule has 2 aromatic carbocycles. The molecule has 28 heavy (non-hydrogen) atoms. The van der Waals surface area contributed by atoms with Gasteiger partial charge in [0, 0.05) is 12.7 Å². The number of hydrogen-bond acceptors (Lipinski definition) is 4. The number of carbonyl (C=O) groups is 1. The van der Waals surface area contributed by atoms with Crippen molar-refractivity contribution in [1.29, 1.82) is 0 Å². The molecule has 1 aromatic heterocycles. The average molecular weight is 400 g/mol. The number of pyridine rings is 1. The van der Waals surface area contributed by atoms with Crippen molar-refractivity contribution in [2.75, 3.05) is 0 Å². The summed E-state index contributed by atoms with van der Waals surface area (Å²) in [5, 5.41) is 2.77. The Morgan fingerprint density at radius 2 is 1.82 bits per heavy atom. The van der Waals surface area contributed by atoms with Crippen LogP contribution in [-0.2, 0) is 13.2 Å². The van der Waals surface area contributed by atoms with Gasteiger partial charge in [-0.05, 0) is 47.2 Å². The minimum absolute atomic E-state index is 0.0139. The molecule has 3 aromatic rings. The number of nitrogens with zero attached hydrogens (tertiary/aromatic N) is 1. The van der Waals surface area contributed by atoms with Crippen molar-refractivity contribution in [1.82, 2.24) is 10.3 Å². The molecule has 1 N–H and O–H groups in total. The highest BCUT2D eigenvalue weighted by atomic mass is 32.2. The fourth-order valence-corrected chi connectivity index (χ4v) is 3.11. The molecule has 1 heterocycles. The normalized spacial score (nSPS) is 10.7. The minimum Gasteiger partial charge on any atom is -0.489 e. The highest BCUT2D eigenvalue weighted by molar-refractivity contribution is 7.99. The average Bonchev–Trinajstić information content (AvgIpc) is 2.71. The Kier molecular flexibility index (Phi) is 6.97. The van der Waals surface area contributed by atoms with Gasteiger partial charge in [-0.15, -0.1) is 0 Å². The zero-order valence-electron chi connectivity index (χ0n) is 14.8. The number of amides is 1. The SMILES string of the molecule is O=C(NCc1cccc(COc2ccccc2)c1)c1cccnc1SC(F)F. The van der Waals surface area contributed by atoms with Crippen LogP contribution in [0.2, 0.25) is 0 Å². The molecule has 0 fully saturated rings. The molecule has 0 unspecified atom stereocenters. The molecular formula is C21H18F2N2O2S. The number of benzene rings is 2. The van der Waals surface area contributed by atoms with Gasteiger partial charge >= 0.3 is 0 Å². The van der Waals surface area contributed by atoms with Gasteiger partial charge in [-0.3, -0.25) is 4.79 Å².